The Hall–Kier alpha value is -3.44. The average Bonchev–Trinajstić information content (AvgIpc) is 3.47. The normalized spacial score (nSPS) is 13.7. The van der Waals surface area contributed by atoms with Crippen LogP contribution in [0.4, 0.5) is 24.5 Å². The highest BCUT2D eigenvalue weighted by Gasteiger charge is 2.39. The molecule has 0 aliphatic carbocycles. The highest BCUT2D eigenvalue weighted by molar-refractivity contribution is 7.12. The third-order valence-electron chi connectivity index (χ3n) is 5.87. The lowest BCUT2D eigenvalue weighted by Crippen LogP contribution is -2.37. The zero-order valence-corrected chi connectivity index (χ0v) is 21.8. The molecule has 0 saturated carbocycles. The second kappa shape index (κ2) is 11.5. The fraction of sp³-hybridized carbons (Fsp3) is 0.308. The molecule has 2 N–H and O–H groups in total. The van der Waals surface area contributed by atoms with Crippen molar-refractivity contribution < 1.29 is 37.3 Å². The van der Waals surface area contributed by atoms with Crippen LogP contribution in [0.5, 0.6) is 11.5 Å². The SMILES string of the molecule is COc1cc(NC(C(=O)N2CCc3sc(C(F)(F)F)cc32)c2ccc(Cl)cc2)cc(OCCCC(=O)O)c1. The third kappa shape index (κ3) is 6.51. The Kier molecular flexibility index (Phi) is 8.37. The number of carbonyl (C=O) groups excluding carboxylic acids is 1. The first-order chi connectivity index (χ1) is 18.0. The van der Waals surface area contributed by atoms with Gasteiger partial charge in [0.25, 0.3) is 5.91 Å². The van der Waals surface area contributed by atoms with Gasteiger partial charge in [-0.05, 0) is 30.2 Å². The zero-order chi connectivity index (χ0) is 27.4. The number of fused-ring (bicyclic) bond motifs is 1. The minimum atomic E-state index is -4.49. The summed E-state index contributed by atoms with van der Waals surface area (Å²) in [6.45, 7) is 0.425. The molecule has 0 spiro atoms. The second-order valence-electron chi connectivity index (χ2n) is 8.53. The van der Waals surface area contributed by atoms with E-state index in [0.29, 0.717) is 56.8 Å². The van der Waals surface area contributed by atoms with Gasteiger partial charge in [0.05, 0.1) is 19.4 Å². The standard InChI is InChI=1S/C26H24ClF3N2O5S/c1-36-18-11-17(12-19(13-18)37-10-2-3-23(33)34)31-24(15-4-6-16(27)7-5-15)25(35)32-9-8-21-20(32)14-22(38-21)26(28,29)30/h4-7,11-14,24,31H,2-3,8-10H2,1H3,(H,33,34). The lowest BCUT2D eigenvalue weighted by atomic mass is 10.0. The van der Waals surface area contributed by atoms with E-state index in [2.05, 4.69) is 5.32 Å². The number of amides is 1. The van der Waals surface area contributed by atoms with E-state index in [-0.39, 0.29) is 25.3 Å². The summed E-state index contributed by atoms with van der Waals surface area (Å²) in [6, 6.07) is 11.6. The van der Waals surface area contributed by atoms with Crippen LogP contribution >= 0.6 is 22.9 Å². The molecule has 0 saturated heterocycles. The minimum absolute atomic E-state index is 0.0430. The van der Waals surface area contributed by atoms with E-state index in [1.54, 1.807) is 42.5 Å². The highest BCUT2D eigenvalue weighted by Crippen LogP contribution is 2.44. The van der Waals surface area contributed by atoms with E-state index in [9.17, 15) is 22.8 Å². The number of hydrogen-bond acceptors (Lipinski definition) is 6. The van der Waals surface area contributed by atoms with Crippen molar-refractivity contribution in [1.82, 2.24) is 0 Å². The van der Waals surface area contributed by atoms with Gasteiger partial charge in [0.1, 0.15) is 22.4 Å². The molecule has 0 fully saturated rings. The number of aliphatic carboxylic acids is 1. The molecular weight excluding hydrogens is 545 g/mol. The average molecular weight is 569 g/mol. The van der Waals surface area contributed by atoms with Crippen molar-refractivity contribution in [2.24, 2.45) is 0 Å². The quantitative estimate of drug-likeness (QED) is 0.275. The van der Waals surface area contributed by atoms with Crippen LogP contribution in [-0.4, -0.2) is 37.2 Å². The number of hydrogen-bond donors (Lipinski definition) is 2. The molecule has 4 rings (SSSR count). The van der Waals surface area contributed by atoms with Crippen LogP contribution in [0.1, 0.15) is 34.2 Å². The van der Waals surface area contributed by atoms with E-state index in [4.69, 9.17) is 26.2 Å². The molecule has 12 heteroatoms. The molecule has 0 radical (unpaired) electrons. The Labute approximate surface area is 225 Å². The summed E-state index contributed by atoms with van der Waals surface area (Å²) in [4.78, 5) is 25.7. The predicted molar refractivity (Wildman–Crippen MR) is 139 cm³/mol. The van der Waals surface area contributed by atoms with Gasteiger partial charge in [-0.15, -0.1) is 11.3 Å². The molecule has 1 unspecified atom stereocenters. The van der Waals surface area contributed by atoms with Crippen molar-refractivity contribution in [2.75, 3.05) is 30.5 Å². The number of anilines is 2. The van der Waals surface area contributed by atoms with Crippen molar-refractivity contribution in [2.45, 2.75) is 31.5 Å². The second-order valence-corrected chi connectivity index (χ2v) is 10.1. The van der Waals surface area contributed by atoms with Gasteiger partial charge in [0.15, 0.2) is 0 Å². The Morgan fingerprint density at radius 3 is 2.53 bits per heavy atom. The molecule has 1 aliphatic heterocycles. The molecule has 1 aromatic heterocycles. The monoisotopic (exact) mass is 568 g/mol. The van der Waals surface area contributed by atoms with E-state index in [1.807, 2.05) is 0 Å². The highest BCUT2D eigenvalue weighted by atomic mass is 35.5. The van der Waals surface area contributed by atoms with Crippen LogP contribution in [0.15, 0.2) is 48.5 Å². The van der Waals surface area contributed by atoms with Crippen LogP contribution in [-0.2, 0) is 22.2 Å². The number of carbonyl (C=O) groups is 2. The van der Waals surface area contributed by atoms with Crippen molar-refractivity contribution in [3.63, 3.8) is 0 Å². The molecule has 1 aliphatic rings. The number of alkyl halides is 3. The number of carboxylic acids is 1. The summed E-state index contributed by atoms with van der Waals surface area (Å²) in [6.07, 6.45) is -3.89. The van der Waals surface area contributed by atoms with Gasteiger partial charge < -0.3 is 24.8 Å². The number of nitrogens with one attached hydrogen (secondary N) is 1. The Bertz CT molecular complexity index is 1310. The van der Waals surface area contributed by atoms with Crippen molar-refractivity contribution in [3.05, 3.63) is 68.9 Å². The van der Waals surface area contributed by atoms with Crippen molar-refractivity contribution >= 4 is 46.2 Å². The number of ether oxygens (including phenoxy) is 2. The van der Waals surface area contributed by atoms with Gasteiger partial charge in [-0.25, -0.2) is 0 Å². The summed E-state index contributed by atoms with van der Waals surface area (Å²) in [5.74, 6) is -0.523. The van der Waals surface area contributed by atoms with Crippen LogP contribution in [0, 0.1) is 0 Å². The molecule has 3 aromatic rings. The summed E-state index contributed by atoms with van der Waals surface area (Å²) < 4.78 is 51.0. The van der Waals surface area contributed by atoms with Crippen molar-refractivity contribution in [3.8, 4) is 11.5 Å². The molecule has 1 atom stereocenters. The summed E-state index contributed by atoms with van der Waals surface area (Å²) >= 11 is 6.70. The Morgan fingerprint density at radius 2 is 1.87 bits per heavy atom. The van der Waals surface area contributed by atoms with E-state index in [1.165, 1.54) is 12.0 Å². The van der Waals surface area contributed by atoms with Gasteiger partial charge >= 0.3 is 12.1 Å². The fourth-order valence-corrected chi connectivity index (χ4v) is 5.21. The minimum Gasteiger partial charge on any atom is -0.497 e. The fourth-order valence-electron chi connectivity index (χ4n) is 4.06. The number of methoxy groups -OCH3 is 1. The predicted octanol–water partition coefficient (Wildman–Crippen LogP) is 6.42. The number of rotatable bonds is 10. The Balaban J connectivity index is 1.63. The smallest absolute Gasteiger partial charge is 0.425 e. The molecule has 2 heterocycles. The van der Waals surface area contributed by atoms with E-state index >= 15 is 0 Å². The van der Waals surface area contributed by atoms with E-state index in [0.717, 1.165) is 6.07 Å². The Morgan fingerprint density at radius 1 is 1.16 bits per heavy atom. The molecule has 1 amide bonds. The van der Waals surface area contributed by atoms with Crippen LogP contribution in [0.3, 0.4) is 0 Å². The maximum atomic E-state index is 13.8. The number of nitrogens with zero attached hydrogens (tertiary/aromatic N) is 1. The van der Waals surface area contributed by atoms with Crippen LogP contribution < -0.4 is 19.7 Å². The number of carboxylic acid groups (broad SMARTS) is 1. The molecule has 0 bridgehead atoms. The number of halogens is 4. The van der Waals surface area contributed by atoms with Gasteiger partial charge in [-0.1, -0.05) is 23.7 Å². The maximum absolute atomic E-state index is 13.8. The molecule has 7 nitrogen and oxygen atoms in total. The topological polar surface area (TPSA) is 88.1 Å². The van der Waals surface area contributed by atoms with Gasteiger partial charge in [-0.3, -0.25) is 9.59 Å². The number of benzene rings is 2. The molecule has 202 valence electrons. The van der Waals surface area contributed by atoms with Gasteiger partial charge in [-0.2, -0.15) is 13.2 Å². The molecular formula is C26H24ClF3N2O5S. The lowest BCUT2D eigenvalue weighted by molar-refractivity contribution is -0.137. The summed E-state index contributed by atoms with van der Waals surface area (Å²) in [5.41, 5.74) is 1.29. The maximum Gasteiger partial charge on any atom is 0.425 e. The third-order valence-corrected chi connectivity index (χ3v) is 7.35. The lowest BCUT2D eigenvalue weighted by Gasteiger charge is -2.26. The van der Waals surface area contributed by atoms with Gasteiger partial charge in [0, 0.05) is 53.2 Å². The zero-order valence-electron chi connectivity index (χ0n) is 20.2. The van der Waals surface area contributed by atoms with Crippen LogP contribution in [0.25, 0.3) is 0 Å². The first-order valence-corrected chi connectivity index (χ1v) is 12.8. The largest absolute Gasteiger partial charge is 0.497 e. The summed E-state index contributed by atoms with van der Waals surface area (Å²) in [5, 5.41) is 12.5. The summed E-state index contributed by atoms with van der Waals surface area (Å²) in [7, 11) is 1.47. The van der Waals surface area contributed by atoms with E-state index < -0.39 is 29.0 Å². The number of thiophene rings is 1. The van der Waals surface area contributed by atoms with Crippen LogP contribution in [0.2, 0.25) is 5.02 Å². The van der Waals surface area contributed by atoms with Crippen molar-refractivity contribution in [1.29, 1.82) is 0 Å². The molecule has 38 heavy (non-hydrogen) atoms. The first kappa shape index (κ1) is 27.6. The molecule has 2 aromatic carbocycles. The first-order valence-electron chi connectivity index (χ1n) is 11.6. The van der Waals surface area contributed by atoms with Gasteiger partial charge in [0.2, 0.25) is 0 Å².